The Labute approximate surface area is 124 Å². The number of rotatable bonds is 3. The van der Waals surface area contributed by atoms with Gasteiger partial charge in [0, 0.05) is 25.8 Å². The van der Waals surface area contributed by atoms with Crippen LogP contribution in [0.4, 0.5) is 0 Å². The molecule has 1 atom stereocenters. The molecular weight excluding hydrogens is 314 g/mol. The third-order valence-corrected chi connectivity index (χ3v) is 4.03. The first-order valence-corrected chi connectivity index (χ1v) is 6.64. The number of ether oxygens (including phenoxy) is 1. The second-order valence-electron chi connectivity index (χ2n) is 4.29. The quantitative estimate of drug-likeness (QED) is 0.891. The Hall–Kier alpha value is -0.590. The third-order valence-electron chi connectivity index (χ3n) is 2.79. The van der Waals surface area contributed by atoms with Gasteiger partial charge in [0.15, 0.2) is 0 Å². The van der Waals surface area contributed by atoms with Crippen LogP contribution in [0.1, 0.15) is 16.9 Å². The molecule has 1 aliphatic heterocycles. The minimum atomic E-state index is -1.04. The minimum Gasteiger partial charge on any atom is -0.386 e. The van der Waals surface area contributed by atoms with Crippen molar-refractivity contribution in [2.45, 2.75) is 12.0 Å². The van der Waals surface area contributed by atoms with Crippen LogP contribution in [0, 0.1) is 0 Å². The lowest BCUT2D eigenvalue weighted by molar-refractivity contribution is 0.0264. The number of halogens is 3. The van der Waals surface area contributed by atoms with Gasteiger partial charge in [-0.3, -0.25) is 4.79 Å². The van der Waals surface area contributed by atoms with Crippen molar-refractivity contribution >= 4 is 40.7 Å². The van der Waals surface area contributed by atoms with E-state index >= 15 is 0 Å². The topological polar surface area (TPSA) is 71.5 Å². The van der Waals surface area contributed by atoms with Crippen molar-refractivity contribution < 1.29 is 14.6 Å². The van der Waals surface area contributed by atoms with Gasteiger partial charge in [-0.2, -0.15) is 0 Å². The fraction of sp³-hybridized carbons (Fsp3) is 0.455. The van der Waals surface area contributed by atoms with Gasteiger partial charge in [0.05, 0.1) is 21.7 Å². The second kappa shape index (κ2) is 5.81. The Balaban J connectivity index is 2.06. The lowest BCUT2D eigenvalue weighted by Crippen LogP contribution is -2.43. The number of amides is 1. The maximum absolute atomic E-state index is 11.9. The molecule has 0 bridgehead atoms. The van der Waals surface area contributed by atoms with E-state index in [-0.39, 0.29) is 33.9 Å². The highest BCUT2D eigenvalue weighted by Gasteiger charge is 2.33. The predicted octanol–water partition coefficient (Wildman–Crippen LogP) is 1.92. The number of nitrogens with zero attached hydrogens (tertiary/aromatic N) is 1. The number of pyridine rings is 1. The fourth-order valence-corrected chi connectivity index (χ4v) is 2.23. The van der Waals surface area contributed by atoms with Gasteiger partial charge in [-0.25, -0.2) is 4.98 Å². The Morgan fingerprint density at radius 3 is 2.84 bits per heavy atom. The lowest BCUT2D eigenvalue weighted by atomic mass is 10.0. The molecule has 1 amide bonds. The predicted molar refractivity (Wildman–Crippen MR) is 72.0 cm³/mol. The average molecular weight is 326 g/mol. The molecule has 2 rings (SSSR count). The Bertz CT molecular complexity index is 504. The fourth-order valence-electron chi connectivity index (χ4n) is 1.67. The molecule has 1 aromatic rings. The summed E-state index contributed by atoms with van der Waals surface area (Å²) in [5.74, 6) is -0.524. The lowest BCUT2D eigenvalue weighted by Gasteiger charge is -2.20. The molecule has 0 aliphatic carbocycles. The van der Waals surface area contributed by atoms with E-state index in [1.807, 2.05) is 0 Å². The first kappa shape index (κ1) is 14.8. The highest BCUT2D eigenvalue weighted by molar-refractivity contribution is 6.48. The van der Waals surface area contributed by atoms with Crippen LogP contribution in [0.15, 0.2) is 6.20 Å². The van der Waals surface area contributed by atoms with Gasteiger partial charge in [-0.15, -0.1) is 0 Å². The summed E-state index contributed by atoms with van der Waals surface area (Å²) in [5.41, 5.74) is -1.07. The Kier molecular flexibility index (Phi) is 4.53. The smallest absolute Gasteiger partial charge is 0.271 e. The van der Waals surface area contributed by atoms with Crippen molar-refractivity contribution in [1.29, 1.82) is 0 Å². The molecule has 0 spiro atoms. The molecule has 1 fully saturated rings. The van der Waals surface area contributed by atoms with Crippen molar-refractivity contribution in [3.05, 3.63) is 27.0 Å². The average Bonchev–Trinajstić information content (AvgIpc) is 2.81. The van der Waals surface area contributed by atoms with Crippen LogP contribution in [0.25, 0.3) is 0 Å². The number of aromatic nitrogens is 1. The largest absolute Gasteiger partial charge is 0.386 e. The molecule has 2 N–H and O–H groups in total. The van der Waals surface area contributed by atoms with Gasteiger partial charge < -0.3 is 15.2 Å². The maximum atomic E-state index is 11.9. The van der Waals surface area contributed by atoms with Gasteiger partial charge in [0.25, 0.3) is 5.91 Å². The van der Waals surface area contributed by atoms with Crippen molar-refractivity contribution in [3.63, 3.8) is 0 Å². The van der Waals surface area contributed by atoms with E-state index in [9.17, 15) is 9.90 Å². The maximum Gasteiger partial charge on any atom is 0.271 e. The normalized spacial score (nSPS) is 22.5. The van der Waals surface area contributed by atoms with E-state index in [0.717, 1.165) is 0 Å². The Morgan fingerprint density at radius 2 is 2.21 bits per heavy atom. The summed E-state index contributed by atoms with van der Waals surface area (Å²) >= 11 is 17.5. The molecule has 0 radical (unpaired) electrons. The van der Waals surface area contributed by atoms with E-state index in [2.05, 4.69) is 10.3 Å². The van der Waals surface area contributed by atoms with Crippen LogP contribution in [0.2, 0.25) is 15.1 Å². The monoisotopic (exact) mass is 324 g/mol. The molecule has 5 nitrogen and oxygen atoms in total. The zero-order valence-corrected chi connectivity index (χ0v) is 12.0. The van der Waals surface area contributed by atoms with Crippen molar-refractivity contribution in [2.24, 2.45) is 0 Å². The zero-order valence-electron chi connectivity index (χ0n) is 9.75. The van der Waals surface area contributed by atoms with Crippen molar-refractivity contribution in [1.82, 2.24) is 10.3 Å². The molecule has 1 saturated heterocycles. The van der Waals surface area contributed by atoms with Crippen LogP contribution in [-0.4, -0.2) is 41.4 Å². The number of nitrogens with one attached hydrogen (secondary N) is 1. The molecule has 19 heavy (non-hydrogen) atoms. The summed E-state index contributed by atoms with van der Waals surface area (Å²) in [6, 6.07) is 0. The molecule has 104 valence electrons. The van der Waals surface area contributed by atoms with E-state index in [4.69, 9.17) is 39.5 Å². The minimum absolute atomic E-state index is 0.0127. The van der Waals surface area contributed by atoms with Gasteiger partial charge in [-0.05, 0) is 0 Å². The molecule has 0 aromatic carbocycles. The SMILES string of the molecule is O=C(NCC1(O)CCOC1)c1ncc(Cl)c(Cl)c1Cl. The third kappa shape index (κ3) is 3.30. The summed E-state index contributed by atoms with van der Waals surface area (Å²) in [5, 5.41) is 12.8. The van der Waals surface area contributed by atoms with Crippen molar-refractivity contribution in [3.8, 4) is 0 Å². The van der Waals surface area contributed by atoms with Crippen LogP contribution >= 0.6 is 34.8 Å². The molecule has 1 unspecified atom stereocenters. The second-order valence-corrected chi connectivity index (χ2v) is 5.46. The molecule has 8 heteroatoms. The summed E-state index contributed by atoms with van der Waals surface area (Å²) in [6.07, 6.45) is 1.72. The number of carbonyl (C=O) groups excluding carboxylic acids is 1. The molecule has 0 saturated carbocycles. The van der Waals surface area contributed by atoms with E-state index in [1.54, 1.807) is 0 Å². The molecular formula is C11H11Cl3N2O3. The van der Waals surface area contributed by atoms with Crippen LogP contribution in [-0.2, 0) is 4.74 Å². The summed E-state index contributed by atoms with van der Waals surface area (Å²) in [6.45, 7) is 0.720. The standard InChI is InChI=1S/C11H11Cl3N2O3/c12-6-3-15-9(8(14)7(6)13)10(17)16-4-11(18)1-2-19-5-11/h3,18H,1-2,4-5H2,(H,16,17). The Morgan fingerprint density at radius 1 is 1.47 bits per heavy atom. The van der Waals surface area contributed by atoms with E-state index < -0.39 is 11.5 Å². The first-order valence-electron chi connectivity index (χ1n) is 5.51. The molecule has 1 aromatic heterocycles. The number of carbonyl (C=O) groups is 1. The van der Waals surface area contributed by atoms with Gasteiger partial charge in [-0.1, -0.05) is 34.8 Å². The zero-order chi connectivity index (χ0) is 14.0. The van der Waals surface area contributed by atoms with Crippen LogP contribution < -0.4 is 5.32 Å². The van der Waals surface area contributed by atoms with Gasteiger partial charge in [0.2, 0.25) is 0 Å². The van der Waals surface area contributed by atoms with Crippen LogP contribution in [0.3, 0.4) is 0 Å². The van der Waals surface area contributed by atoms with Crippen molar-refractivity contribution in [2.75, 3.05) is 19.8 Å². The molecule has 2 heterocycles. The van der Waals surface area contributed by atoms with Crippen LogP contribution in [0.5, 0.6) is 0 Å². The van der Waals surface area contributed by atoms with Gasteiger partial charge in [0.1, 0.15) is 11.3 Å². The summed E-state index contributed by atoms with van der Waals surface area (Å²) in [7, 11) is 0. The van der Waals surface area contributed by atoms with E-state index in [0.29, 0.717) is 13.0 Å². The first-order chi connectivity index (χ1) is 8.93. The van der Waals surface area contributed by atoms with E-state index in [1.165, 1.54) is 6.20 Å². The number of aliphatic hydroxyl groups is 1. The summed E-state index contributed by atoms with van der Waals surface area (Å²) in [4.78, 5) is 15.7. The highest BCUT2D eigenvalue weighted by Crippen LogP contribution is 2.31. The van der Waals surface area contributed by atoms with Gasteiger partial charge >= 0.3 is 0 Å². The summed E-state index contributed by atoms with van der Waals surface area (Å²) < 4.78 is 5.08. The molecule has 1 aliphatic rings. The number of hydrogen-bond acceptors (Lipinski definition) is 4. The number of hydrogen-bond donors (Lipinski definition) is 2. The highest BCUT2D eigenvalue weighted by atomic mass is 35.5.